The predicted molar refractivity (Wildman–Crippen MR) is 34.7 cm³/mol. The van der Waals surface area contributed by atoms with Crippen LogP contribution in [-0.2, 0) is 7.05 Å². The van der Waals surface area contributed by atoms with E-state index in [1.54, 1.807) is 0 Å². The van der Waals surface area contributed by atoms with Gasteiger partial charge in [-0.05, 0) is 0 Å². The van der Waals surface area contributed by atoms with Crippen LogP contribution in [0.4, 0.5) is 12.9 Å². The van der Waals surface area contributed by atoms with Crippen LogP contribution in [0.1, 0.15) is 0 Å². The van der Waals surface area contributed by atoms with Gasteiger partial charge >= 0.3 is 58.4 Å². The summed E-state index contributed by atoms with van der Waals surface area (Å²) in [5, 5.41) is 5.70. The Hall–Kier alpha value is 0.921. The van der Waals surface area contributed by atoms with E-state index in [1.165, 1.54) is 7.05 Å². The van der Waals surface area contributed by atoms with E-state index in [0.717, 1.165) is 4.80 Å². The number of rotatable bonds is 1. The molecule has 1 aromatic rings. The van der Waals surface area contributed by atoms with E-state index in [-0.39, 0.29) is 51.4 Å². The zero-order valence-corrected chi connectivity index (χ0v) is 10.3. The van der Waals surface area contributed by atoms with Gasteiger partial charge in [-0.2, -0.15) is 9.90 Å². The second-order valence-corrected chi connectivity index (χ2v) is 2.30. The van der Waals surface area contributed by atoms with E-state index < -0.39 is 17.7 Å². The van der Waals surface area contributed by atoms with E-state index in [9.17, 15) is 12.9 Å². The third-order valence-electron chi connectivity index (χ3n) is 1.01. The molecule has 1 heterocycles. The quantitative estimate of drug-likeness (QED) is 0.494. The summed E-state index contributed by atoms with van der Waals surface area (Å²) in [6.45, 7) is -5.13. The van der Waals surface area contributed by atoms with Gasteiger partial charge in [-0.3, -0.25) is 0 Å². The molecule has 0 unspecified atom stereocenters. The minimum absolute atomic E-state index is 0. The number of aromatic nitrogens is 3. The molecule has 1 aromatic heterocycles. The first-order valence-electron chi connectivity index (χ1n) is 2.68. The van der Waals surface area contributed by atoms with Crippen LogP contribution in [0.3, 0.4) is 0 Å². The predicted octanol–water partition coefficient (Wildman–Crippen LogP) is -2.47. The van der Waals surface area contributed by atoms with Gasteiger partial charge in [0.1, 0.15) is 5.15 Å². The monoisotopic (exact) mass is 223 g/mol. The van der Waals surface area contributed by atoms with Crippen molar-refractivity contribution in [1.82, 2.24) is 15.0 Å². The van der Waals surface area contributed by atoms with Gasteiger partial charge in [0, 0.05) is 12.6 Å². The Morgan fingerprint density at radius 1 is 1.33 bits per heavy atom. The zero-order valence-electron chi connectivity index (χ0n) is 6.43. The molecular weight excluding hydrogens is 220 g/mol. The normalized spacial score (nSPS) is 11.1. The minimum atomic E-state index is -5.13. The molecule has 3 nitrogen and oxygen atoms in total. The van der Waals surface area contributed by atoms with E-state index >= 15 is 0 Å². The van der Waals surface area contributed by atoms with Crippen molar-refractivity contribution in [3.8, 4) is 0 Å². The molecule has 0 N–H and O–H groups in total. The average Bonchev–Trinajstić information content (AvgIpc) is 2.08. The summed E-state index contributed by atoms with van der Waals surface area (Å²) in [7, 11) is 1.28. The van der Waals surface area contributed by atoms with Gasteiger partial charge < -0.3 is 12.9 Å². The Labute approximate surface area is 114 Å². The van der Waals surface area contributed by atoms with E-state index in [0.29, 0.717) is 0 Å². The fourth-order valence-electron chi connectivity index (χ4n) is 0.598. The SMILES string of the molecule is Cn1nc(Cl)c([B-](F)(F)F)n1.[K+]. The van der Waals surface area contributed by atoms with Gasteiger partial charge in [0.25, 0.3) is 0 Å². The molecule has 9 heteroatoms. The molecule has 0 aliphatic heterocycles. The zero-order chi connectivity index (χ0) is 8.65. The van der Waals surface area contributed by atoms with Gasteiger partial charge in [0.05, 0.1) is 0 Å². The number of halogens is 4. The third-order valence-corrected chi connectivity index (χ3v) is 1.28. The van der Waals surface area contributed by atoms with Crippen LogP contribution in [0.25, 0.3) is 0 Å². The Morgan fingerprint density at radius 3 is 2.00 bits per heavy atom. The molecule has 12 heavy (non-hydrogen) atoms. The van der Waals surface area contributed by atoms with Crippen molar-refractivity contribution in [2.45, 2.75) is 0 Å². The smallest absolute Gasteiger partial charge is 0.444 e. The van der Waals surface area contributed by atoms with Crippen molar-refractivity contribution < 1.29 is 64.3 Å². The molecule has 62 valence electrons. The first-order valence-corrected chi connectivity index (χ1v) is 3.05. The van der Waals surface area contributed by atoms with Crippen molar-refractivity contribution in [3.05, 3.63) is 5.15 Å². The third kappa shape index (κ3) is 3.00. The van der Waals surface area contributed by atoms with Crippen LogP contribution in [0.15, 0.2) is 0 Å². The Kier molecular flexibility index (Phi) is 4.77. The summed E-state index contributed by atoms with van der Waals surface area (Å²) in [6, 6.07) is 0. The number of nitrogens with zero attached hydrogens (tertiary/aromatic N) is 3. The van der Waals surface area contributed by atoms with E-state index in [1.807, 2.05) is 0 Å². The van der Waals surface area contributed by atoms with Crippen molar-refractivity contribution in [3.63, 3.8) is 0 Å². The standard InChI is InChI=1S/C3H3BClF3N3.K/c1-11-9-2(3(5)10-11)4(6,7)8;/h1H3;/q-1;+1. The Morgan fingerprint density at radius 2 is 1.83 bits per heavy atom. The molecule has 0 amide bonds. The largest absolute Gasteiger partial charge is 1.00 e. The van der Waals surface area contributed by atoms with Crippen molar-refractivity contribution >= 4 is 24.2 Å². The summed E-state index contributed by atoms with van der Waals surface area (Å²) in [4.78, 5) is 0.785. The molecular formula is C3H3BClF3KN3. The van der Waals surface area contributed by atoms with Gasteiger partial charge in [-0.25, -0.2) is 0 Å². The van der Waals surface area contributed by atoms with Crippen LogP contribution < -0.4 is 57.0 Å². The second kappa shape index (κ2) is 4.43. The van der Waals surface area contributed by atoms with Crippen LogP contribution in [0.2, 0.25) is 5.15 Å². The second-order valence-electron chi connectivity index (χ2n) is 1.94. The molecule has 0 spiro atoms. The van der Waals surface area contributed by atoms with Gasteiger partial charge in [0.2, 0.25) is 0 Å². The first-order chi connectivity index (χ1) is 4.91. The maximum atomic E-state index is 11.9. The Balaban J connectivity index is 0.00000121. The van der Waals surface area contributed by atoms with Crippen LogP contribution in [0.5, 0.6) is 0 Å². The van der Waals surface area contributed by atoms with Gasteiger partial charge in [-0.1, -0.05) is 11.6 Å². The van der Waals surface area contributed by atoms with Crippen LogP contribution in [-0.4, -0.2) is 22.0 Å². The molecule has 0 bridgehead atoms. The van der Waals surface area contributed by atoms with E-state index in [2.05, 4.69) is 10.2 Å². The molecule has 0 saturated heterocycles. The number of aryl methyl sites for hydroxylation is 1. The fraction of sp³-hybridized carbons (Fsp3) is 0.333. The maximum Gasteiger partial charge on any atom is 1.00 e. The van der Waals surface area contributed by atoms with E-state index in [4.69, 9.17) is 11.6 Å². The average molecular weight is 223 g/mol. The minimum Gasteiger partial charge on any atom is -0.444 e. The van der Waals surface area contributed by atoms with Crippen molar-refractivity contribution in [1.29, 1.82) is 0 Å². The summed E-state index contributed by atoms with van der Waals surface area (Å²) in [6.07, 6.45) is 0. The molecule has 0 aromatic carbocycles. The van der Waals surface area contributed by atoms with Crippen molar-refractivity contribution in [2.75, 3.05) is 0 Å². The van der Waals surface area contributed by atoms with Gasteiger partial charge in [0.15, 0.2) is 0 Å². The van der Waals surface area contributed by atoms with Crippen LogP contribution in [0, 0.1) is 0 Å². The van der Waals surface area contributed by atoms with Crippen LogP contribution >= 0.6 is 11.6 Å². The number of hydrogen-bond donors (Lipinski definition) is 0. The maximum absolute atomic E-state index is 11.9. The summed E-state index contributed by atoms with van der Waals surface area (Å²) in [5.74, 6) is 0. The van der Waals surface area contributed by atoms with Crippen molar-refractivity contribution in [2.24, 2.45) is 7.05 Å². The molecule has 0 aliphatic carbocycles. The topological polar surface area (TPSA) is 30.7 Å². The van der Waals surface area contributed by atoms with Gasteiger partial charge in [-0.15, -0.1) is 5.10 Å². The molecule has 0 saturated carbocycles. The summed E-state index contributed by atoms with van der Waals surface area (Å²) in [5.41, 5.74) is -1.09. The molecule has 0 atom stereocenters. The summed E-state index contributed by atoms with van der Waals surface area (Å²) < 4.78 is 35.8. The molecule has 0 radical (unpaired) electrons. The first kappa shape index (κ1) is 12.9. The molecule has 1 rings (SSSR count). The molecule has 0 aliphatic rings. The fourth-order valence-corrected chi connectivity index (χ4v) is 0.869. The summed E-state index contributed by atoms with van der Waals surface area (Å²) >= 11 is 5.13. The molecule has 0 fully saturated rings. The number of hydrogen-bond acceptors (Lipinski definition) is 2. The Bertz CT molecular complexity index is 274.